The van der Waals surface area contributed by atoms with Gasteiger partial charge >= 0.3 is 6.03 Å². The molecule has 2 N–H and O–H groups in total. The van der Waals surface area contributed by atoms with Crippen LogP contribution in [-0.2, 0) is 0 Å². The molecule has 0 radical (unpaired) electrons. The van der Waals surface area contributed by atoms with Crippen molar-refractivity contribution in [3.05, 3.63) is 29.8 Å². The molecule has 2 fully saturated rings. The first-order valence-electron chi connectivity index (χ1n) is 8.69. The standard InChI is InChI=1S/C18H26N4O2/c1-13-7-9-21(10-8-13)16-5-3-14(4-6-16)17(23)22-11-15(12-22)20-18(24)19-2/h3-6,13,15H,7-12H2,1-2H3,(H2,19,20,24). The van der Waals surface area contributed by atoms with E-state index < -0.39 is 0 Å². The van der Waals surface area contributed by atoms with Gasteiger partial charge in [-0.2, -0.15) is 0 Å². The van der Waals surface area contributed by atoms with Crippen molar-refractivity contribution in [1.29, 1.82) is 0 Å². The number of piperidine rings is 1. The van der Waals surface area contributed by atoms with Gasteiger partial charge in [-0.05, 0) is 43.0 Å². The van der Waals surface area contributed by atoms with E-state index in [1.54, 1.807) is 11.9 Å². The molecule has 0 spiro atoms. The van der Waals surface area contributed by atoms with Gasteiger partial charge in [-0.15, -0.1) is 0 Å². The van der Waals surface area contributed by atoms with Gasteiger partial charge in [-0.25, -0.2) is 4.79 Å². The molecule has 3 rings (SSSR count). The fraction of sp³-hybridized carbons (Fsp3) is 0.556. The lowest BCUT2D eigenvalue weighted by molar-refractivity contribution is 0.0578. The molecule has 2 aliphatic heterocycles. The fourth-order valence-electron chi connectivity index (χ4n) is 3.26. The van der Waals surface area contributed by atoms with Crippen LogP contribution in [0.1, 0.15) is 30.1 Å². The molecule has 130 valence electrons. The van der Waals surface area contributed by atoms with Crippen molar-refractivity contribution in [1.82, 2.24) is 15.5 Å². The Morgan fingerprint density at radius 3 is 2.29 bits per heavy atom. The monoisotopic (exact) mass is 330 g/mol. The van der Waals surface area contributed by atoms with Crippen LogP contribution >= 0.6 is 0 Å². The fourth-order valence-corrected chi connectivity index (χ4v) is 3.26. The Balaban J connectivity index is 1.52. The Morgan fingerprint density at radius 1 is 1.08 bits per heavy atom. The van der Waals surface area contributed by atoms with E-state index in [1.807, 2.05) is 24.3 Å². The second kappa shape index (κ2) is 7.11. The van der Waals surface area contributed by atoms with E-state index in [2.05, 4.69) is 22.5 Å². The van der Waals surface area contributed by atoms with Crippen LogP contribution in [0.5, 0.6) is 0 Å². The lowest BCUT2D eigenvalue weighted by Gasteiger charge is -2.39. The Kier molecular flexibility index (Phi) is 4.92. The first kappa shape index (κ1) is 16.6. The molecule has 24 heavy (non-hydrogen) atoms. The third-order valence-corrected chi connectivity index (χ3v) is 4.99. The number of hydrogen-bond donors (Lipinski definition) is 2. The van der Waals surface area contributed by atoms with Crippen LogP contribution in [0.4, 0.5) is 10.5 Å². The van der Waals surface area contributed by atoms with Gasteiger partial charge in [0.25, 0.3) is 5.91 Å². The number of carbonyl (C=O) groups is 2. The van der Waals surface area contributed by atoms with E-state index in [9.17, 15) is 9.59 Å². The highest BCUT2D eigenvalue weighted by molar-refractivity contribution is 5.95. The minimum atomic E-state index is -0.202. The molecule has 0 aromatic heterocycles. The average Bonchev–Trinajstić information content (AvgIpc) is 2.58. The predicted molar refractivity (Wildman–Crippen MR) is 94.3 cm³/mol. The van der Waals surface area contributed by atoms with E-state index in [-0.39, 0.29) is 18.0 Å². The van der Waals surface area contributed by atoms with Crippen molar-refractivity contribution >= 4 is 17.6 Å². The van der Waals surface area contributed by atoms with Crippen molar-refractivity contribution < 1.29 is 9.59 Å². The van der Waals surface area contributed by atoms with Crippen LogP contribution in [0.25, 0.3) is 0 Å². The number of hydrogen-bond acceptors (Lipinski definition) is 3. The average molecular weight is 330 g/mol. The molecule has 6 heteroatoms. The number of nitrogens with one attached hydrogen (secondary N) is 2. The zero-order chi connectivity index (χ0) is 17.1. The highest BCUT2D eigenvalue weighted by atomic mass is 16.2. The number of benzene rings is 1. The van der Waals surface area contributed by atoms with Gasteiger partial charge in [0.05, 0.1) is 6.04 Å². The number of likely N-dealkylation sites (tertiary alicyclic amines) is 1. The maximum absolute atomic E-state index is 12.4. The van der Waals surface area contributed by atoms with E-state index in [0.29, 0.717) is 18.7 Å². The van der Waals surface area contributed by atoms with Crippen molar-refractivity contribution in [2.75, 3.05) is 38.1 Å². The van der Waals surface area contributed by atoms with Gasteiger partial charge in [-0.3, -0.25) is 4.79 Å². The van der Waals surface area contributed by atoms with Gasteiger partial charge in [-0.1, -0.05) is 6.92 Å². The van der Waals surface area contributed by atoms with Crippen molar-refractivity contribution in [2.45, 2.75) is 25.8 Å². The summed E-state index contributed by atoms with van der Waals surface area (Å²) in [6.07, 6.45) is 2.46. The molecule has 0 atom stereocenters. The number of amides is 3. The molecule has 2 saturated heterocycles. The Labute approximate surface area is 143 Å². The molecule has 0 unspecified atom stereocenters. The van der Waals surface area contributed by atoms with Crippen LogP contribution in [0.3, 0.4) is 0 Å². The van der Waals surface area contributed by atoms with Crippen LogP contribution in [0.15, 0.2) is 24.3 Å². The van der Waals surface area contributed by atoms with Crippen molar-refractivity contribution in [3.8, 4) is 0 Å². The molecule has 2 aliphatic rings. The molecule has 1 aromatic carbocycles. The third-order valence-electron chi connectivity index (χ3n) is 4.99. The number of urea groups is 1. The summed E-state index contributed by atoms with van der Waals surface area (Å²) in [7, 11) is 1.58. The molecule has 0 bridgehead atoms. The van der Waals surface area contributed by atoms with Gasteiger partial charge in [0.2, 0.25) is 0 Å². The number of anilines is 1. The molecule has 2 heterocycles. The summed E-state index contributed by atoms with van der Waals surface area (Å²) >= 11 is 0. The maximum atomic E-state index is 12.4. The molecule has 1 aromatic rings. The zero-order valence-electron chi connectivity index (χ0n) is 14.4. The molecule has 0 saturated carbocycles. The minimum Gasteiger partial charge on any atom is -0.372 e. The molecule has 0 aliphatic carbocycles. The van der Waals surface area contributed by atoms with Crippen LogP contribution in [-0.4, -0.2) is 56.1 Å². The second-order valence-electron chi connectivity index (χ2n) is 6.85. The first-order chi connectivity index (χ1) is 11.6. The summed E-state index contributed by atoms with van der Waals surface area (Å²) in [5.74, 6) is 0.841. The smallest absolute Gasteiger partial charge is 0.314 e. The number of carbonyl (C=O) groups excluding carboxylic acids is 2. The second-order valence-corrected chi connectivity index (χ2v) is 6.85. The van der Waals surface area contributed by atoms with Gasteiger partial charge < -0.3 is 20.4 Å². The quantitative estimate of drug-likeness (QED) is 0.886. The number of nitrogens with zero attached hydrogens (tertiary/aromatic N) is 2. The summed E-state index contributed by atoms with van der Waals surface area (Å²) in [5.41, 5.74) is 1.91. The SMILES string of the molecule is CNC(=O)NC1CN(C(=O)c2ccc(N3CCC(C)CC3)cc2)C1. The largest absolute Gasteiger partial charge is 0.372 e. The lowest BCUT2D eigenvalue weighted by Crippen LogP contribution is -2.62. The van der Waals surface area contributed by atoms with E-state index >= 15 is 0 Å². The highest BCUT2D eigenvalue weighted by Gasteiger charge is 2.32. The summed E-state index contributed by atoms with van der Waals surface area (Å²) in [6, 6.07) is 7.76. The van der Waals surface area contributed by atoms with E-state index in [1.165, 1.54) is 18.5 Å². The third kappa shape index (κ3) is 3.63. The first-order valence-corrected chi connectivity index (χ1v) is 8.69. The van der Waals surface area contributed by atoms with Crippen LogP contribution in [0.2, 0.25) is 0 Å². The van der Waals surface area contributed by atoms with E-state index in [4.69, 9.17) is 0 Å². The maximum Gasteiger partial charge on any atom is 0.314 e. The molecule has 3 amide bonds. The van der Waals surface area contributed by atoms with E-state index in [0.717, 1.165) is 19.0 Å². The molecule has 6 nitrogen and oxygen atoms in total. The van der Waals surface area contributed by atoms with Gasteiger partial charge in [0.1, 0.15) is 0 Å². The Hall–Kier alpha value is -2.24. The summed E-state index contributed by atoms with van der Waals surface area (Å²) in [5, 5.41) is 5.33. The lowest BCUT2D eigenvalue weighted by atomic mass is 9.98. The summed E-state index contributed by atoms with van der Waals surface area (Å²) < 4.78 is 0. The molecular weight excluding hydrogens is 304 g/mol. The molecular formula is C18H26N4O2. The summed E-state index contributed by atoms with van der Waals surface area (Å²) in [4.78, 5) is 27.8. The Morgan fingerprint density at radius 2 is 1.71 bits per heavy atom. The zero-order valence-corrected chi connectivity index (χ0v) is 14.4. The normalized spacial score (nSPS) is 18.9. The summed E-state index contributed by atoms with van der Waals surface area (Å²) in [6.45, 7) is 5.62. The van der Waals surface area contributed by atoms with Gasteiger partial charge in [0, 0.05) is 44.5 Å². The highest BCUT2D eigenvalue weighted by Crippen LogP contribution is 2.24. The topological polar surface area (TPSA) is 64.7 Å². The van der Waals surface area contributed by atoms with Crippen molar-refractivity contribution in [2.24, 2.45) is 5.92 Å². The Bertz CT molecular complexity index is 588. The minimum absolute atomic E-state index is 0.0313. The number of rotatable bonds is 3. The van der Waals surface area contributed by atoms with Gasteiger partial charge in [0.15, 0.2) is 0 Å². The van der Waals surface area contributed by atoms with Crippen LogP contribution < -0.4 is 15.5 Å². The predicted octanol–water partition coefficient (Wildman–Crippen LogP) is 1.68. The van der Waals surface area contributed by atoms with Crippen LogP contribution in [0, 0.1) is 5.92 Å². The van der Waals surface area contributed by atoms with Crippen molar-refractivity contribution in [3.63, 3.8) is 0 Å².